The quantitative estimate of drug-likeness (QED) is 0.336. The molecule has 6 nitrogen and oxygen atoms in total. The number of ether oxygens (including phenoxy) is 1. The number of aliphatic carboxylic acids is 1. The van der Waals surface area contributed by atoms with Gasteiger partial charge in [0.2, 0.25) is 0 Å². The SMILES string of the molecule is CCCCC1CN(c2ccccc2)c2cc(S(C)=O)c(O/C=C/C(=O)O)cc2SN1C. The molecular formula is C23H28N2O4S2. The Bertz CT molecular complexity index is 966. The van der Waals surface area contributed by atoms with E-state index in [4.69, 9.17) is 9.84 Å². The molecule has 1 aliphatic rings. The number of carbonyl (C=O) groups is 1. The number of anilines is 2. The van der Waals surface area contributed by atoms with Gasteiger partial charge in [0.25, 0.3) is 0 Å². The lowest BCUT2D eigenvalue weighted by molar-refractivity contribution is -0.131. The van der Waals surface area contributed by atoms with Gasteiger partial charge in [-0.2, -0.15) is 0 Å². The number of carboxylic acids is 1. The molecule has 0 saturated carbocycles. The normalized spacial score (nSPS) is 17.9. The van der Waals surface area contributed by atoms with Gasteiger partial charge in [-0.15, -0.1) is 0 Å². The van der Waals surface area contributed by atoms with Crippen LogP contribution in [-0.2, 0) is 15.6 Å². The van der Waals surface area contributed by atoms with Crippen molar-refractivity contribution in [2.75, 3.05) is 24.7 Å². The lowest BCUT2D eigenvalue weighted by Crippen LogP contribution is -2.35. The van der Waals surface area contributed by atoms with Crippen LogP contribution < -0.4 is 9.64 Å². The second kappa shape index (κ2) is 10.8. The van der Waals surface area contributed by atoms with E-state index in [-0.39, 0.29) is 0 Å². The maximum atomic E-state index is 12.5. The lowest BCUT2D eigenvalue weighted by atomic mass is 10.1. The Morgan fingerprint density at radius 1 is 1.32 bits per heavy atom. The number of unbranched alkanes of at least 4 members (excludes halogenated alkanes) is 1. The first-order valence-corrected chi connectivity index (χ1v) is 12.5. The van der Waals surface area contributed by atoms with Crippen LogP contribution in [0.1, 0.15) is 26.2 Å². The fourth-order valence-corrected chi connectivity index (χ4v) is 5.24. The van der Waals surface area contributed by atoms with Crippen molar-refractivity contribution in [3.8, 4) is 5.75 Å². The molecule has 2 aromatic rings. The van der Waals surface area contributed by atoms with Gasteiger partial charge in [0.1, 0.15) is 5.75 Å². The molecule has 0 amide bonds. The number of carboxylic acid groups (broad SMARTS) is 1. The molecule has 31 heavy (non-hydrogen) atoms. The van der Waals surface area contributed by atoms with Crippen molar-refractivity contribution in [1.29, 1.82) is 0 Å². The fraction of sp³-hybridized carbons (Fsp3) is 0.348. The zero-order chi connectivity index (χ0) is 22.4. The zero-order valence-corrected chi connectivity index (χ0v) is 19.6. The number of rotatable bonds is 8. The largest absolute Gasteiger partial charge is 0.478 e. The first-order valence-electron chi connectivity index (χ1n) is 10.2. The molecule has 0 saturated heterocycles. The maximum Gasteiger partial charge on any atom is 0.331 e. The van der Waals surface area contributed by atoms with Crippen molar-refractivity contribution >= 4 is 40.1 Å². The monoisotopic (exact) mass is 460 g/mol. The second-order valence-electron chi connectivity index (χ2n) is 7.36. The number of fused-ring (bicyclic) bond motifs is 1. The number of hydrogen-bond acceptors (Lipinski definition) is 6. The van der Waals surface area contributed by atoms with E-state index in [2.05, 4.69) is 35.3 Å². The highest BCUT2D eigenvalue weighted by Crippen LogP contribution is 2.44. The second-order valence-corrected chi connectivity index (χ2v) is 9.91. The molecule has 0 bridgehead atoms. The predicted molar refractivity (Wildman–Crippen MR) is 127 cm³/mol. The molecule has 1 heterocycles. The minimum absolute atomic E-state index is 0.337. The lowest BCUT2D eigenvalue weighted by Gasteiger charge is -2.30. The molecule has 0 spiro atoms. The fourth-order valence-electron chi connectivity index (χ4n) is 3.52. The van der Waals surface area contributed by atoms with Crippen molar-refractivity contribution in [3.05, 3.63) is 54.8 Å². The highest BCUT2D eigenvalue weighted by Gasteiger charge is 2.29. The van der Waals surface area contributed by atoms with Crippen LogP contribution in [0.4, 0.5) is 11.4 Å². The van der Waals surface area contributed by atoms with Crippen LogP contribution in [0.2, 0.25) is 0 Å². The Balaban J connectivity index is 2.09. The third-order valence-corrected chi connectivity index (χ3v) is 7.19. The molecule has 1 aliphatic heterocycles. The first kappa shape index (κ1) is 23.4. The van der Waals surface area contributed by atoms with Gasteiger partial charge in [-0.25, -0.2) is 9.10 Å². The Hall–Kier alpha value is -2.29. The molecule has 2 atom stereocenters. The number of benzene rings is 2. The number of para-hydroxylation sites is 1. The first-order chi connectivity index (χ1) is 14.9. The molecule has 0 aromatic heterocycles. The van der Waals surface area contributed by atoms with Crippen molar-refractivity contribution < 1.29 is 18.8 Å². The summed E-state index contributed by atoms with van der Waals surface area (Å²) in [5.41, 5.74) is 2.05. The minimum Gasteiger partial charge on any atom is -0.478 e. The van der Waals surface area contributed by atoms with Crippen LogP contribution in [0.5, 0.6) is 5.75 Å². The Kier molecular flexibility index (Phi) is 8.17. The molecule has 3 rings (SSSR count). The molecular weight excluding hydrogens is 432 g/mol. The molecule has 1 N–H and O–H groups in total. The van der Waals surface area contributed by atoms with Crippen LogP contribution in [0.15, 0.2) is 64.6 Å². The topological polar surface area (TPSA) is 70.1 Å². The number of hydrogen-bond donors (Lipinski definition) is 1. The molecule has 2 aromatic carbocycles. The van der Waals surface area contributed by atoms with Crippen molar-refractivity contribution in [3.63, 3.8) is 0 Å². The summed E-state index contributed by atoms with van der Waals surface area (Å²) < 4.78 is 20.4. The summed E-state index contributed by atoms with van der Waals surface area (Å²) >= 11 is 1.64. The Labute approximate surface area is 190 Å². The van der Waals surface area contributed by atoms with Crippen LogP contribution >= 0.6 is 11.9 Å². The van der Waals surface area contributed by atoms with Gasteiger partial charge in [0.05, 0.1) is 38.6 Å². The Morgan fingerprint density at radius 3 is 2.71 bits per heavy atom. The van der Waals surface area contributed by atoms with Gasteiger partial charge in [-0.05, 0) is 49.7 Å². The molecule has 0 aliphatic carbocycles. The summed E-state index contributed by atoms with van der Waals surface area (Å²) in [6.45, 7) is 3.01. The van der Waals surface area contributed by atoms with E-state index < -0.39 is 16.8 Å². The summed E-state index contributed by atoms with van der Waals surface area (Å²) in [5, 5.41) is 8.85. The predicted octanol–water partition coefficient (Wildman–Crippen LogP) is 5.05. The molecule has 8 heteroatoms. The third kappa shape index (κ3) is 5.90. The van der Waals surface area contributed by atoms with Gasteiger partial charge >= 0.3 is 5.97 Å². The highest BCUT2D eigenvalue weighted by molar-refractivity contribution is 7.97. The number of likely N-dealkylation sites (N-methyl/N-ethyl adjacent to an activating group) is 1. The van der Waals surface area contributed by atoms with E-state index >= 15 is 0 Å². The smallest absolute Gasteiger partial charge is 0.331 e. The highest BCUT2D eigenvalue weighted by atomic mass is 32.2. The van der Waals surface area contributed by atoms with Gasteiger partial charge in [-0.1, -0.05) is 38.0 Å². The van der Waals surface area contributed by atoms with E-state index in [1.807, 2.05) is 30.3 Å². The Morgan fingerprint density at radius 2 is 2.06 bits per heavy atom. The van der Waals surface area contributed by atoms with Crippen molar-refractivity contribution in [2.24, 2.45) is 0 Å². The van der Waals surface area contributed by atoms with E-state index in [0.717, 1.165) is 54.4 Å². The van der Waals surface area contributed by atoms with Crippen LogP contribution in [-0.4, -0.2) is 45.5 Å². The maximum absolute atomic E-state index is 12.5. The summed E-state index contributed by atoms with van der Waals surface area (Å²) in [6.07, 6.45) is 7.00. The summed E-state index contributed by atoms with van der Waals surface area (Å²) in [5.74, 6) is -0.699. The molecule has 0 fully saturated rings. The molecule has 166 valence electrons. The van der Waals surface area contributed by atoms with E-state index in [0.29, 0.717) is 16.7 Å². The third-order valence-electron chi connectivity index (χ3n) is 5.14. The summed E-state index contributed by atoms with van der Waals surface area (Å²) in [6, 6.07) is 14.3. The zero-order valence-electron chi connectivity index (χ0n) is 18.0. The number of nitrogens with zero attached hydrogens (tertiary/aromatic N) is 2. The average Bonchev–Trinajstić information content (AvgIpc) is 2.87. The van der Waals surface area contributed by atoms with Crippen molar-refractivity contribution in [1.82, 2.24) is 4.31 Å². The van der Waals surface area contributed by atoms with Gasteiger partial charge in [0, 0.05) is 24.5 Å². The average molecular weight is 461 g/mol. The minimum atomic E-state index is -1.31. The van der Waals surface area contributed by atoms with E-state index in [1.54, 1.807) is 18.2 Å². The standard InChI is InChI=1S/C23H28N2O4S2/c1-4-5-9-18-16-25(17-10-7-6-8-11-17)19-14-22(31(3)28)20(29-13-12-23(26)27)15-21(19)30-24(18)2/h6-8,10-15,18H,4-5,9,16H2,1-3H3,(H,26,27)/b13-12+. The van der Waals surface area contributed by atoms with E-state index in [1.165, 1.54) is 0 Å². The van der Waals surface area contributed by atoms with Gasteiger partial charge in [-0.3, -0.25) is 4.21 Å². The van der Waals surface area contributed by atoms with E-state index in [9.17, 15) is 9.00 Å². The molecule has 0 radical (unpaired) electrons. The van der Waals surface area contributed by atoms with Crippen LogP contribution in [0, 0.1) is 0 Å². The van der Waals surface area contributed by atoms with Gasteiger partial charge in [0.15, 0.2) is 0 Å². The summed E-state index contributed by atoms with van der Waals surface area (Å²) in [4.78, 5) is 14.6. The molecule has 2 unspecified atom stereocenters. The van der Waals surface area contributed by atoms with Crippen LogP contribution in [0.25, 0.3) is 0 Å². The van der Waals surface area contributed by atoms with Crippen molar-refractivity contribution in [2.45, 2.75) is 42.0 Å². The van der Waals surface area contributed by atoms with Gasteiger partial charge < -0.3 is 14.7 Å². The van der Waals surface area contributed by atoms with Crippen LogP contribution in [0.3, 0.4) is 0 Å². The summed E-state index contributed by atoms with van der Waals surface area (Å²) in [7, 11) is 0.789.